The van der Waals surface area contributed by atoms with Crippen LogP contribution in [-0.2, 0) is 5.41 Å². The van der Waals surface area contributed by atoms with Crippen molar-refractivity contribution in [2.45, 2.75) is 38.0 Å². The summed E-state index contributed by atoms with van der Waals surface area (Å²) in [5.74, 6) is 0.579. The van der Waals surface area contributed by atoms with E-state index in [1.807, 2.05) is 0 Å². The molecule has 0 heterocycles. The zero-order valence-corrected chi connectivity index (χ0v) is 11.2. The molecule has 1 unspecified atom stereocenters. The van der Waals surface area contributed by atoms with Gasteiger partial charge in [-0.05, 0) is 34.9 Å². The Bertz CT molecular complexity index is 537. The van der Waals surface area contributed by atoms with Gasteiger partial charge in [0.25, 0.3) is 0 Å². The monoisotopic (exact) mass is 236 g/mol. The van der Waals surface area contributed by atoms with Crippen LogP contribution in [0.25, 0.3) is 0 Å². The molecule has 2 aromatic rings. The molecule has 0 bridgehead atoms. The van der Waals surface area contributed by atoms with Crippen molar-refractivity contribution in [2.75, 3.05) is 0 Å². The maximum atomic E-state index is 2.37. The molecule has 1 aliphatic rings. The van der Waals surface area contributed by atoms with Crippen LogP contribution in [0.15, 0.2) is 54.6 Å². The molecular weight excluding hydrogens is 216 g/mol. The number of benzene rings is 2. The van der Waals surface area contributed by atoms with Crippen LogP contribution in [-0.4, -0.2) is 0 Å². The van der Waals surface area contributed by atoms with Gasteiger partial charge in [0.15, 0.2) is 0 Å². The Morgan fingerprint density at radius 3 is 2.33 bits per heavy atom. The normalized spacial score (nSPS) is 21.3. The third-order valence-corrected chi connectivity index (χ3v) is 4.33. The lowest BCUT2D eigenvalue weighted by molar-refractivity contribution is 0.411. The molecule has 92 valence electrons. The fourth-order valence-electron chi connectivity index (χ4n) is 3.24. The van der Waals surface area contributed by atoms with Gasteiger partial charge in [0.1, 0.15) is 0 Å². The maximum Gasteiger partial charge on any atom is 0.00925 e. The second kappa shape index (κ2) is 4.28. The maximum absolute atomic E-state index is 2.37. The highest BCUT2D eigenvalue weighted by atomic mass is 14.4. The molecule has 0 aliphatic heterocycles. The lowest BCUT2D eigenvalue weighted by Crippen LogP contribution is -2.26. The smallest absolute Gasteiger partial charge is 0.00925 e. The van der Waals surface area contributed by atoms with Crippen molar-refractivity contribution in [2.24, 2.45) is 0 Å². The molecule has 0 N–H and O–H groups in total. The molecule has 1 aliphatic carbocycles. The Morgan fingerprint density at radius 1 is 0.889 bits per heavy atom. The van der Waals surface area contributed by atoms with E-state index in [2.05, 4.69) is 68.4 Å². The van der Waals surface area contributed by atoms with Crippen molar-refractivity contribution in [3.63, 3.8) is 0 Å². The average molecular weight is 236 g/mol. The summed E-state index contributed by atoms with van der Waals surface area (Å²) in [6.07, 6.45) is 2.53. The van der Waals surface area contributed by atoms with Crippen LogP contribution in [0.1, 0.15) is 49.3 Å². The predicted octanol–water partition coefficient (Wildman–Crippen LogP) is 4.89. The van der Waals surface area contributed by atoms with Crippen molar-refractivity contribution in [1.29, 1.82) is 0 Å². The van der Waals surface area contributed by atoms with Crippen LogP contribution in [0.3, 0.4) is 0 Å². The van der Waals surface area contributed by atoms with E-state index < -0.39 is 0 Å². The zero-order chi connectivity index (χ0) is 12.6. The number of hydrogen-bond acceptors (Lipinski definition) is 0. The second-order valence-electron chi connectivity index (χ2n) is 5.97. The molecule has 0 aromatic heterocycles. The molecule has 0 saturated carbocycles. The van der Waals surface area contributed by atoms with Gasteiger partial charge < -0.3 is 0 Å². The minimum Gasteiger partial charge on any atom is -0.0622 e. The van der Waals surface area contributed by atoms with Crippen molar-refractivity contribution in [3.8, 4) is 0 Å². The molecular formula is C18H20. The van der Waals surface area contributed by atoms with Crippen LogP contribution in [0.2, 0.25) is 0 Å². The molecule has 0 fully saturated rings. The first-order valence-electron chi connectivity index (χ1n) is 6.83. The first kappa shape index (κ1) is 11.5. The van der Waals surface area contributed by atoms with Crippen molar-refractivity contribution in [1.82, 2.24) is 0 Å². The van der Waals surface area contributed by atoms with Crippen molar-refractivity contribution >= 4 is 0 Å². The summed E-state index contributed by atoms with van der Waals surface area (Å²) in [7, 11) is 0. The van der Waals surface area contributed by atoms with Crippen LogP contribution in [0, 0.1) is 0 Å². The van der Waals surface area contributed by atoms with E-state index >= 15 is 0 Å². The molecule has 18 heavy (non-hydrogen) atoms. The first-order valence-corrected chi connectivity index (χ1v) is 6.83. The predicted molar refractivity (Wildman–Crippen MR) is 77.0 cm³/mol. The summed E-state index contributed by atoms with van der Waals surface area (Å²) >= 11 is 0. The summed E-state index contributed by atoms with van der Waals surface area (Å²) in [4.78, 5) is 0. The SMILES string of the molecule is CC1(C)CCC(c2ccccc2)c2ccccc21. The number of fused-ring (bicyclic) bond motifs is 1. The molecule has 2 aromatic carbocycles. The van der Waals surface area contributed by atoms with Gasteiger partial charge in [0.2, 0.25) is 0 Å². The topological polar surface area (TPSA) is 0 Å². The minimum atomic E-state index is 0.321. The van der Waals surface area contributed by atoms with Crippen LogP contribution in [0.4, 0.5) is 0 Å². The molecule has 1 atom stereocenters. The largest absolute Gasteiger partial charge is 0.0622 e. The van der Waals surface area contributed by atoms with Crippen molar-refractivity contribution in [3.05, 3.63) is 71.3 Å². The van der Waals surface area contributed by atoms with Crippen LogP contribution in [0.5, 0.6) is 0 Å². The van der Waals surface area contributed by atoms with Gasteiger partial charge in [-0.25, -0.2) is 0 Å². The van der Waals surface area contributed by atoms with Gasteiger partial charge >= 0.3 is 0 Å². The first-order chi connectivity index (χ1) is 8.68. The molecule has 0 radical (unpaired) electrons. The molecule has 3 rings (SSSR count). The van der Waals surface area contributed by atoms with Gasteiger partial charge in [0, 0.05) is 5.92 Å². The Hall–Kier alpha value is -1.56. The summed E-state index contributed by atoms with van der Waals surface area (Å²) in [6, 6.07) is 19.9. The molecule has 0 heteroatoms. The van der Waals surface area contributed by atoms with E-state index in [9.17, 15) is 0 Å². The quantitative estimate of drug-likeness (QED) is 0.661. The van der Waals surface area contributed by atoms with E-state index in [0.29, 0.717) is 11.3 Å². The summed E-state index contributed by atoms with van der Waals surface area (Å²) in [6.45, 7) is 4.74. The van der Waals surface area contributed by atoms with E-state index in [1.54, 1.807) is 0 Å². The number of hydrogen-bond donors (Lipinski definition) is 0. The lowest BCUT2D eigenvalue weighted by Gasteiger charge is -2.37. The lowest BCUT2D eigenvalue weighted by atomic mass is 9.67. The number of rotatable bonds is 1. The van der Waals surface area contributed by atoms with Gasteiger partial charge in [-0.1, -0.05) is 68.4 Å². The minimum absolute atomic E-state index is 0.321. The van der Waals surface area contributed by atoms with Crippen LogP contribution < -0.4 is 0 Å². The molecule has 0 amide bonds. The summed E-state index contributed by atoms with van der Waals surface area (Å²) in [5, 5.41) is 0. The van der Waals surface area contributed by atoms with Gasteiger partial charge in [-0.2, -0.15) is 0 Å². The fourth-order valence-corrected chi connectivity index (χ4v) is 3.24. The Labute approximate surface area is 110 Å². The molecule has 0 spiro atoms. The van der Waals surface area contributed by atoms with Crippen molar-refractivity contribution < 1.29 is 0 Å². The van der Waals surface area contributed by atoms with Gasteiger partial charge in [-0.3, -0.25) is 0 Å². The standard InChI is InChI=1S/C18H20/c1-18(2)13-12-15(14-8-4-3-5-9-14)16-10-6-7-11-17(16)18/h3-11,15H,12-13H2,1-2H3. The highest BCUT2D eigenvalue weighted by Crippen LogP contribution is 2.44. The highest BCUT2D eigenvalue weighted by molar-refractivity contribution is 5.43. The molecule has 0 nitrogen and oxygen atoms in total. The summed E-state index contributed by atoms with van der Waals surface area (Å²) < 4.78 is 0. The Morgan fingerprint density at radius 2 is 1.56 bits per heavy atom. The van der Waals surface area contributed by atoms with Gasteiger partial charge in [0.05, 0.1) is 0 Å². The molecule has 0 saturated heterocycles. The zero-order valence-electron chi connectivity index (χ0n) is 11.2. The highest BCUT2D eigenvalue weighted by Gasteiger charge is 2.32. The Balaban J connectivity index is 2.11. The van der Waals surface area contributed by atoms with E-state index in [4.69, 9.17) is 0 Å². The summed E-state index contributed by atoms with van der Waals surface area (Å²) in [5.41, 5.74) is 4.84. The third-order valence-electron chi connectivity index (χ3n) is 4.33. The third kappa shape index (κ3) is 1.86. The van der Waals surface area contributed by atoms with E-state index in [0.717, 1.165) is 0 Å². The average Bonchev–Trinajstić information content (AvgIpc) is 2.40. The Kier molecular flexibility index (Phi) is 2.74. The van der Waals surface area contributed by atoms with Crippen LogP contribution >= 0.6 is 0 Å². The second-order valence-corrected chi connectivity index (χ2v) is 5.97. The fraction of sp³-hybridized carbons (Fsp3) is 0.333. The van der Waals surface area contributed by atoms with Gasteiger partial charge in [-0.15, -0.1) is 0 Å². The van der Waals surface area contributed by atoms with E-state index in [-0.39, 0.29) is 0 Å². The van der Waals surface area contributed by atoms with E-state index in [1.165, 1.54) is 29.5 Å².